The van der Waals surface area contributed by atoms with Crippen molar-refractivity contribution in [1.29, 1.82) is 0 Å². The normalized spacial score (nSPS) is 13.5. The standard InChI is InChI=1S/C35H37N3O3/c1-41-23-20-36-35(40)32-25-31(37-34(39)30-14-12-29(13-15-30)28-10-6-3-7-11-28)16-17-33(32)38-21-18-27(19-22-38)24-26-8-4-2-5-9-26/h2-17,25,27H,18-24H2,1H3,(H,36,40)(H,37,39). The Kier molecular flexibility index (Phi) is 9.45. The van der Waals surface area contributed by atoms with E-state index in [0.29, 0.717) is 35.9 Å². The molecule has 6 nitrogen and oxygen atoms in total. The smallest absolute Gasteiger partial charge is 0.255 e. The fourth-order valence-corrected chi connectivity index (χ4v) is 5.41. The molecule has 1 fully saturated rings. The van der Waals surface area contributed by atoms with Crippen LogP contribution >= 0.6 is 0 Å². The molecule has 2 amide bonds. The van der Waals surface area contributed by atoms with Crippen molar-refractivity contribution in [2.45, 2.75) is 19.3 Å². The SMILES string of the molecule is COCCNC(=O)c1cc(NC(=O)c2ccc(-c3ccccc3)cc2)ccc1N1CCC(Cc2ccccc2)CC1. The van der Waals surface area contributed by atoms with E-state index in [1.165, 1.54) is 5.56 Å². The summed E-state index contributed by atoms with van der Waals surface area (Å²) in [5.74, 6) is 0.232. The second-order valence-corrected chi connectivity index (χ2v) is 10.5. The number of rotatable bonds is 10. The maximum Gasteiger partial charge on any atom is 0.255 e. The fraction of sp³-hybridized carbons (Fsp3) is 0.257. The summed E-state index contributed by atoms with van der Waals surface area (Å²) in [6.45, 7) is 2.62. The summed E-state index contributed by atoms with van der Waals surface area (Å²) >= 11 is 0. The van der Waals surface area contributed by atoms with E-state index >= 15 is 0 Å². The summed E-state index contributed by atoms with van der Waals surface area (Å²) in [5.41, 5.74) is 6.11. The number of piperidine rings is 1. The summed E-state index contributed by atoms with van der Waals surface area (Å²) < 4.78 is 5.12. The molecule has 1 aliphatic rings. The van der Waals surface area contributed by atoms with Gasteiger partial charge in [-0.15, -0.1) is 0 Å². The van der Waals surface area contributed by atoms with Gasteiger partial charge in [0.05, 0.1) is 12.2 Å². The first-order valence-corrected chi connectivity index (χ1v) is 14.3. The molecule has 0 saturated carbocycles. The molecule has 41 heavy (non-hydrogen) atoms. The number of benzene rings is 4. The number of carbonyl (C=O) groups is 2. The summed E-state index contributed by atoms with van der Waals surface area (Å²) in [6, 6.07) is 33.9. The van der Waals surface area contributed by atoms with Crippen LogP contribution in [0.5, 0.6) is 0 Å². The van der Waals surface area contributed by atoms with Crippen LogP contribution < -0.4 is 15.5 Å². The number of hydrogen-bond acceptors (Lipinski definition) is 4. The van der Waals surface area contributed by atoms with Crippen LogP contribution in [-0.2, 0) is 11.2 Å². The van der Waals surface area contributed by atoms with Gasteiger partial charge in [0.15, 0.2) is 0 Å². The molecule has 0 atom stereocenters. The molecule has 4 aromatic rings. The van der Waals surface area contributed by atoms with Crippen molar-refractivity contribution in [3.63, 3.8) is 0 Å². The van der Waals surface area contributed by atoms with Crippen LogP contribution in [0.4, 0.5) is 11.4 Å². The summed E-state index contributed by atoms with van der Waals surface area (Å²) in [7, 11) is 1.61. The van der Waals surface area contributed by atoms with Gasteiger partial charge in [-0.3, -0.25) is 9.59 Å². The fourth-order valence-electron chi connectivity index (χ4n) is 5.41. The number of nitrogens with zero attached hydrogens (tertiary/aromatic N) is 1. The minimum absolute atomic E-state index is 0.174. The van der Waals surface area contributed by atoms with Crippen molar-refractivity contribution in [2.24, 2.45) is 5.92 Å². The van der Waals surface area contributed by atoms with Crippen molar-refractivity contribution in [3.8, 4) is 11.1 Å². The predicted octanol–water partition coefficient (Wildman–Crippen LogP) is 6.44. The van der Waals surface area contributed by atoms with Crippen molar-refractivity contribution in [1.82, 2.24) is 5.32 Å². The molecule has 0 bridgehead atoms. The predicted molar refractivity (Wildman–Crippen MR) is 166 cm³/mol. The number of anilines is 2. The van der Waals surface area contributed by atoms with Crippen LogP contribution in [0, 0.1) is 5.92 Å². The van der Waals surface area contributed by atoms with E-state index in [0.717, 1.165) is 49.2 Å². The van der Waals surface area contributed by atoms with Gasteiger partial charge in [0.25, 0.3) is 11.8 Å². The van der Waals surface area contributed by atoms with Crippen LogP contribution in [0.2, 0.25) is 0 Å². The third kappa shape index (κ3) is 7.41. The monoisotopic (exact) mass is 547 g/mol. The van der Waals surface area contributed by atoms with E-state index in [9.17, 15) is 9.59 Å². The maximum atomic E-state index is 13.3. The zero-order valence-corrected chi connectivity index (χ0v) is 23.5. The number of nitrogens with one attached hydrogen (secondary N) is 2. The molecule has 5 rings (SSSR count). The lowest BCUT2D eigenvalue weighted by molar-refractivity contribution is 0.0936. The Morgan fingerprint density at radius 1 is 0.805 bits per heavy atom. The van der Waals surface area contributed by atoms with Crippen LogP contribution in [0.25, 0.3) is 11.1 Å². The minimum atomic E-state index is -0.218. The van der Waals surface area contributed by atoms with Crippen LogP contribution in [0.3, 0.4) is 0 Å². The highest BCUT2D eigenvalue weighted by atomic mass is 16.5. The highest BCUT2D eigenvalue weighted by Gasteiger charge is 2.24. The molecule has 6 heteroatoms. The molecule has 4 aromatic carbocycles. The van der Waals surface area contributed by atoms with E-state index in [-0.39, 0.29) is 11.8 Å². The Morgan fingerprint density at radius 3 is 2.15 bits per heavy atom. The molecule has 0 spiro atoms. The van der Waals surface area contributed by atoms with Crippen molar-refractivity contribution >= 4 is 23.2 Å². The molecule has 210 valence electrons. The van der Waals surface area contributed by atoms with Gasteiger partial charge in [0, 0.05) is 43.7 Å². The van der Waals surface area contributed by atoms with Gasteiger partial charge in [-0.1, -0.05) is 72.8 Å². The maximum absolute atomic E-state index is 13.3. The van der Waals surface area contributed by atoms with Gasteiger partial charge in [-0.2, -0.15) is 0 Å². The quantitative estimate of drug-likeness (QED) is 0.224. The average molecular weight is 548 g/mol. The third-order valence-corrected chi connectivity index (χ3v) is 7.67. The lowest BCUT2D eigenvalue weighted by Gasteiger charge is -2.35. The van der Waals surface area contributed by atoms with Crippen LogP contribution in [0.15, 0.2) is 103 Å². The lowest BCUT2D eigenvalue weighted by atomic mass is 9.89. The van der Waals surface area contributed by atoms with E-state index in [1.54, 1.807) is 13.2 Å². The summed E-state index contributed by atoms with van der Waals surface area (Å²) in [5, 5.41) is 5.93. The highest BCUT2D eigenvalue weighted by Crippen LogP contribution is 2.30. The van der Waals surface area contributed by atoms with Crippen molar-refractivity contribution in [2.75, 3.05) is 43.6 Å². The second-order valence-electron chi connectivity index (χ2n) is 10.5. The largest absolute Gasteiger partial charge is 0.383 e. The Labute approximate surface area is 242 Å². The number of carbonyl (C=O) groups excluding carboxylic acids is 2. The molecular weight excluding hydrogens is 510 g/mol. The molecule has 2 N–H and O–H groups in total. The topological polar surface area (TPSA) is 70.7 Å². The third-order valence-electron chi connectivity index (χ3n) is 7.67. The Balaban J connectivity index is 1.29. The lowest BCUT2D eigenvalue weighted by Crippen LogP contribution is -2.36. The zero-order chi connectivity index (χ0) is 28.4. The van der Waals surface area contributed by atoms with Crippen LogP contribution in [0.1, 0.15) is 39.1 Å². The minimum Gasteiger partial charge on any atom is -0.383 e. The van der Waals surface area contributed by atoms with Crippen molar-refractivity contribution in [3.05, 3.63) is 120 Å². The average Bonchev–Trinajstić information content (AvgIpc) is 3.02. The summed E-state index contributed by atoms with van der Waals surface area (Å²) in [4.78, 5) is 28.6. The molecule has 1 heterocycles. The van der Waals surface area contributed by atoms with E-state index in [2.05, 4.69) is 45.9 Å². The van der Waals surface area contributed by atoms with Crippen LogP contribution in [-0.4, -0.2) is 45.2 Å². The number of ether oxygens (including phenoxy) is 1. The van der Waals surface area contributed by atoms with Crippen molar-refractivity contribution < 1.29 is 14.3 Å². The number of methoxy groups -OCH3 is 1. The Bertz CT molecular complexity index is 1430. The first-order chi connectivity index (χ1) is 20.1. The van der Waals surface area contributed by atoms with E-state index in [1.807, 2.05) is 66.7 Å². The second kappa shape index (κ2) is 13.8. The zero-order valence-electron chi connectivity index (χ0n) is 23.5. The van der Waals surface area contributed by atoms with Gasteiger partial charge in [0.1, 0.15) is 0 Å². The van der Waals surface area contributed by atoms with Gasteiger partial charge in [-0.05, 0) is 72.2 Å². The molecule has 0 aliphatic carbocycles. The molecular formula is C35H37N3O3. The molecule has 0 unspecified atom stereocenters. The van der Waals surface area contributed by atoms with E-state index < -0.39 is 0 Å². The first-order valence-electron chi connectivity index (χ1n) is 14.3. The number of hydrogen-bond donors (Lipinski definition) is 2. The molecule has 0 aromatic heterocycles. The Morgan fingerprint density at radius 2 is 1.46 bits per heavy atom. The van der Waals surface area contributed by atoms with E-state index in [4.69, 9.17) is 4.74 Å². The van der Waals surface area contributed by atoms with Gasteiger partial charge in [0.2, 0.25) is 0 Å². The molecule has 1 saturated heterocycles. The Hall–Kier alpha value is -4.42. The first kappa shape index (κ1) is 28.1. The van der Waals surface area contributed by atoms with Gasteiger partial charge < -0.3 is 20.3 Å². The number of amides is 2. The molecule has 1 aliphatic heterocycles. The summed E-state index contributed by atoms with van der Waals surface area (Å²) in [6.07, 6.45) is 3.21. The van der Waals surface area contributed by atoms with Gasteiger partial charge >= 0.3 is 0 Å². The molecule has 0 radical (unpaired) electrons. The highest BCUT2D eigenvalue weighted by molar-refractivity contribution is 6.06. The van der Waals surface area contributed by atoms with Gasteiger partial charge in [-0.25, -0.2) is 0 Å².